The van der Waals surface area contributed by atoms with Crippen LogP contribution in [-0.2, 0) is 9.59 Å². The maximum Gasteiger partial charge on any atom is 0.320 e. The zero-order valence-electron chi connectivity index (χ0n) is 22.1. The van der Waals surface area contributed by atoms with E-state index in [0.717, 1.165) is 25.9 Å². The molecule has 0 saturated carbocycles. The van der Waals surface area contributed by atoms with Crippen LogP contribution in [0, 0.1) is 0 Å². The zero-order chi connectivity index (χ0) is 25.1. The molecule has 9 heteroatoms. The van der Waals surface area contributed by atoms with Crippen molar-refractivity contribution in [2.75, 3.05) is 67.9 Å². The van der Waals surface area contributed by atoms with Gasteiger partial charge in [-0.1, -0.05) is 35.1 Å². The molecule has 1 amide bonds. The standard InChI is InChI=1S/C9H18N2OS.C7H13NO2S.C2H7N.2C2H6.CH4/c1-10(2)9(12)8-5-7(13-4)6-11(8)3;1-8-4-5(11-2)3-6(8)7(9)10;1-3-2;2*1-2;/h7-8H,5-6H2,1-4H3;5-6H,3-4H2,1-2H3,(H,9,10);3H,1-2H3;2*1-2H3;1H4. The van der Waals surface area contributed by atoms with Crippen molar-refractivity contribution in [1.29, 1.82) is 0 Å². The second-order valence-corrected chi connectivity index (χ2v) is 9.44. The monoisotopic (exact) mass is 498 g/mol. The highest BCUT2D eigenvalue weighted by molar-refractivity contribution is 7.99. The molecule has 4 unspecified atom stereocenters. The molecule has 2 heterocycles. The number of hydrogen-bond acceptors (Lipinski definition) is 7. The van der Waals surface area contributed by atoms with E-state index in [1.807, 2.05) is 92.9 Å². The number of carbonyl (C=O) groups excluding carboxylic acids is 1. The minimum Gasteiger partial charge on any atom is -0.480 e. The number of rotatable bonds is 4. The summed E-state index contributed by atoms with van der Waals surface area (Å²) in [5.74, 6) is -0.455. The van der Waals surface area contributed by atoms with Crippen LogP contribution in [0.25, 0.3) is 0 Å². The highest BCUT2D eigenvalue weighted by Gasteiger charge is 2.35. The van der Waals surface area contributed by atoms with Crippen molar-refractivity contribution in [3.63, 3.8) is 0 Å². The molecule has 2 N–H and O–H groups in total. The highest BCUT2D eigenvalue weighted by atomic mass is 32.2. The van der Waals surface area contributed by atoms with Crippen molar-refractivity contribution >= 4 is 35.4 Å². The summed E-state index contributed by atoms with van der Waals surface area (Å²) in [6.07, 6.45) is 5.92. The normalized spacial score (nSPS) is 24.0. The van der Waals surface area contributed by atoms with E-state index >= 15 is 0 Å². The van der Waals surface area contributed by atoms with Gasteiger partial charge in [0.25, 0.3) is 0 Å². The van der Waals surface area contributed by atoms with Gasteiger partial charge in [-0.25, -0.2) is 0 Å². The summed E-state index contributed by atoms with van der Waals surface area (Å²) in [4.78, 5) is 28.1. The molecule has 2 aliphatic heterocycles. The van der Waals surface area contributed by atoms with Crippen LogP contribution in [0.3, 0.4) is 0 Å². The minimum atomic E-state index is -0.691. The molecule has 7 nitrogen and oxygen atoms in total. The van der Waals surface area contributed by atoms with Gasteiger partial charge in [-0.15, -0.1) is 0 Å². The SMILES string of the molecule is C.CC.CC.CNC.CSC1CC(C(=O)N(C)C)N(C)C1.CSC1CC(C(=O)O)N(C)C1. The van der Waals surface area contributed by atoms with Gasteiger partial charge in [0.2, 0.25) is 5.91 Å². The Labute approximate surface area is 208 Å². The van der Waals surface area contributed by atoms with E-state index in [4.69, 9.17) is 5.11 Å². The molecule has 0 aromatic heterocycles. The van der Waals surface area contributed by atoms with Crippen LogP contribution >= 0.6 is 23.5 Å². The molecule has 2 aliphatic rings. The smallest absolute Gasteiger partial charge is 0.320 e. The Morgan fingerprint density at radius 3 is 1.41 bits per heavy atom. The third kappa shape index (κ3) is 15.4. The lowest BCUT2D eigenvalue weighted by Gasteiger charge is -2.21. The Hall–Kier alpha value is -0.480. The second kappa shape index (κ2) is 23.7. The summed E-state index contributed by atoms with van der Waals surface area (Å²) < 4.78 is 0. The molecule has 0 spiro atoms. The average Bonchev–Trinajstić information content (AvgIpc) is 3.33. The summed E-state index contributed by atoms with van der Waals surface area (Å²) in [7, 11) is 11.3. The number of likely N-dealkylation sites (tertiary alicyclic amines) is 2. The summed E-state index contributed by atoms with van der Waals surface area (Å²) >= 11 is 3.61. The molecular weight excluding hydrogens is 444 g/mol. The molecule has 0 aromatic rings. The molecule has 2 rings (SSSR count). The number of carboxylic acids is 1. The number of amides is 1. The van der Waals surface area contributed by atoms with E-state index in [1.54, 1.807) is 16.7 Å². The van der Waals surface area contributed by atoms with Gasteiger partial charge in [0.15, 0.2) is 0 Å². The quantitative estimate of drug-likeness (QED) is 0.610. The van der Waals surface area contributed by atoms with Gasteiger partial charge in [0.1, 0.15) is 6.04 Å². The first-order valence-corrected chi connectivity index (χ1v) is 13.7. The summed E-state index contributed by atoms with van der Waals surface area (Å²) in [5.41, 5.74) is 0. The molecule has 2 fully saturated rings. The predicted molar refractivity (Wildman–Crippen MR) is 147 cm³/mol. The lowest BCUT2D eigenvalue weighted by atomic mass is 10.2. The van der Waals surface area contributed by atoms with Gasteiger partial charge in [0.05, 0.1) is 6.04 Å². The predicted octanol–water partition coefficient (Wildman–Crippen LogP) is 3.54. The fourth-order valence-corrected chi connectivity index (χ4v) is 4.64. The number of carboxylic acid groups (broad SMARTS) is 1. The molecule has 32 heavy (non-hydrogen) atoms. The Bertz CT molecular complexity index is 457. The fourth-order valence-electron chi connectivity index (χ4n) is 3.12. The number of nitrogens with one attached hydrogen (secondary N) is 1. The van der Waals surface area contributed by atoms with Crippen molar-refractivity contribution in [3.05, 3.63) is 0 Å². The van der Waals surface area contributed by atoms with Gasteiger partial charge in [0, 0.05) is 37.7 Å². The molecule has 4 atom stereocenters. The summed E-state index contributed by atoms with van der Waals surface area (Å²) in [5, 5.41) is 12.6. The lowest BCUT2D eigenvalue weighted by molar-refractivity contribution is -0.141. The molecule has 0 aliphatic carbocycles. The second-order valence-electron chi connectivity index (χ2n) is 7.17. The van der Waals surface area contributed by atoms with Crippen LogP contribution < -0.4 is 5.32 Å². The largest absolute Gasteiger partial charge is 0.480 e. The third-order valence-electron chi connectivity index (χ3n) is 4.70. The highest BCUT2D eigenvalue weighted by Crippen LogP contribution is 2.25. The molecule has 196 valence electrons. The topological polar surface area (TPSA) is 76.1 Å². The van der Waals surface area contributed by atoms with E-state index in [-0.39, 0.29) is 25.4 Å². The number of carbonyl (C=O) groups is 2. The maximum absolute atomic E-state index is 11.7. The van der Waals surface area contributed by atoms with Crippen molar-refractivity contribution in [3.8, 4) is 0 Å². The van der Waals surface area contributed by atoms with Crippen LogP contribution in [0.5, 0.6) is 0 Å². The van der Waals surface area contributed by atoms with Crippen LogP contribution in [0.1, 0.15) is 48.0 Å². The minimum absolute atomic E-state index is 0. The van der Waals surface area contributed by atoms with Gasteiger partial charge in [-0.3, -0.25) is 19.4 Å². The van der Waals surface area contributed by atoms with Crippen molar-refractivity contribution in [1.82, 2.24) is 20.0 Å². The maximum atomic E-state index is 11.7. The number of thioether (sulfide) groups is 2. The van der Waals surface area contributed by atoms with E-state index in [1.165, 1.54) is 0 Å². The van der Waals surface area contributed by atoms with Gasteiger partial charge < -0.3 is 15.3 Å². The Morgan fingerprint density at radius 1 is 0.875 bits per heavy atom. The van der Waals surface area contributed by atoms with Crippen molar-refractivity contribution in [2.24, 2.45) is 0 Å². The van der Waals surface area contributed by atoms with Gasteiger partial charge in [-0.2, -0.15) is 23.5 Å². The summed E-state index contributed by atoms with van der Waals surface area (Å²) in [6, 6.07) is -0.153. The number of nitrogens with zero attached hydrogens (tertiary/aromatic N) is 3. The molecular formula is C23H54N4O3S2. The van der Waals surface area contributed by atoms with Crippen LogP contribution in [0.4, 0.5) is 0 Å². The average molecular weight is 499 g/mol. The van der Waals surface area contributed by atoms with Gasteiger partial charge >= 0.3 is 5.97 Å². The van der Waals surface area contributed by atoms with Crippen LogP contribution in [0.15, 0.2) is 0 Å². The van der Waals surface area contributed by atoms with Crippen LogP contribution in [0.2, 0.25) is 0 Å². The molecule has 2 saturated heterocycles. The van der Waals surface area contributed by atoms with Gasteiger partial charge in [-0.05, 0) is 53.5 Å². The lowest BCUT2D eigenvalue weighted by Crippen LogP contribution is -2.40. The molecule has 0 aromatic carbocycles. The Morgan fingerprint density at radius 2 is 1.19 bits per heavy atom. The zero-order valence-corrected chi connectivity index (χ0v) is 23.7. The Kier molecular flexibility index (Phi) is 28.7. The molecule has 0 radical (unpaired) electrons. The van der Waals surface area contributed by atoms with E-state index in [0.29, 0.717) is 10.5 Å². The van der Waals surface area contributed by atoms with E-state index < -0.39 is 5.97 Å². The Balaban J connectivity index is -0.000000188. The first kappa shape index (κ1) is 38.8. The third-order valence-corrected chi connectivity index (χ3v) is 6.71. The van der Waals surface area contributed by atoms with Crippen molar-refractivity contribution < 1.29 is 14.7 Å². The number of aliphatic carboxylic acids is 1. The van der Waals surface area contributed by atoms with Crippen molar-refractivity contribution in [2.45, 2.75) is 70.5 Å². The molecule has 0 bridgehead atoms. The first-order valence-electron chi connectivity index (χ1n) is 11.1. The van der Waals surface area contributed by atoms with E-state index in [9.17, 15) is 9.59 Å². The number of likely N-dealkylation sites (N-methyl/N-ethyl adjacent to an activating group) is 3. The fraction of sp³-hybridized carbons (Fsp3) is 0.913. The first-order chi connectivity index (χ1) is 14.6. The van der Waals surface area contributed by atoms with E-state index in [2.05, 4.69) is 16.5 Å². The van der Waals surface area contributed by atoms with Crippen LogP contribution in [-0.4, -0.2) is 122 Å². The summed E-state index contributed by atoms with van der Waals surface area (Å²) in [6.45, 7) is 9.93. The number of hydrogen-bond donors (Lipinski definition) is 2.